The first-order valence-corrected chi connectivity index (χ1v) is 10.3. The molecule has 156 valence electrons. The SMILES string of the molecule is CCOc1ccccc1C(=O)N1CCC(c2n[nH]c(=O)n2-c2ccc(C)cc2)CC1. The zero-order chi connectivity index (χ0) is 21.1. The topological polar surface area (TPSA) is 80.2 Å². The molecule has 1 amide bonds. The maximum Gasteiger partial charge on any atom is 0.347 e. The number of aryl methyl sites for hydroxylation is 1. The maximum atomic E-state index is 13.0. The van der Waals surface area contributed by atoms with Crippen LogP contribution in [0.15, 0.2) is 53.3 Å². The number of H-pyrrole nitrogens is 1. The number of hydrogen-bond acceptors (Lipinski definition) is 4. The Kier molecular flexibility index (Phi) is 5.70. The van der Waals surface area contributed by atoms with Gasteiger partial charge in [-0.15, -0.1) is 0 Å². The lowest BCUT2D eigenvalue weighted by atomic mass is 9.95. The van der Waals surface area contributed by atoms with Gasteiger partial charge in [0.2, 0.25) is 0 Å². The average Bonchev–Trinajstić information content (AvgIpc) is 3.16. The molecule has 0 spiro atoms. The highest BCUT2D eigenvalue weighted by molar-refractivity contribution is 5.97. The molecule has 0 atom stereocenters. The summed E-state index contributed by atoms with van der Waals surface area (Å²) in [6, 6.07) is 15.2. The number of ether oxygens (including phenoxy) is 1. The summed E-state index contributed by atoms with van der Waals surface area (Å²) in [4.78, 5) is 27.3. The predicted octanol–water partition coefficient (Wildman–Crippen LogP) is 3.29. The van der Waals surface area contributed by atoms with Gasteiger partial charge in [-0.3, -0.25) is 4.79 Å². The van der Waals surface area contributed by atoms with Crippen LogP contribution in [0.2, 0.25) is 0 Å². The van der Waals surface area contributed by atoms with E-state index in [1.165, 1.54) is 0 Å². The third kappa shape index (κ3) is 3.87. The third-order valence-electron chi connectivity index (χ3n) is 5.56. The van der Waals surface area contributed by atoms with Crippen LogP contribution in [-0.4, -0.2) is 45.3 Å². The molecular weight excluding hydrogens is 380 g/mol. The van der Waals surface area contributed by atoms with Gasteiger partial charge >= 0.3 is 5.69 Å². The van der Waals surface area contributed by atoms with Gasteiger partial charge in [-0.2, -0.15) is 5.10 Å². The van der Waals surface area contributed by atoms with E-state index in [-0.39, 0.29) is 17.5 Å². The fraction of sp³-hybridized carbons (Fsp3) is 0.348. The van der Waals surface area contributed by atoms with Gasteiger partial charge in [0.05, 0.1) is 17.9 Å². The average molecular weight is 406 g/mol. The summed E-state index contributed by atoms with van der Waals surface area (Å²) in [7, 11) is 0. The van der Waals surface area contributed by atoms with Crippen LogP contribution >= 0.6 is 0 Å². The van der Waals surface area contributed by atoms with Crippen LogP contribution in [0.5, 0.6) is 5.75 Å². The molecule has 1 N–H and O–H groups in total. The Balaban J connectivity index is 1.50. The Morgan fingerprint density at radius 2 is 1.83 bits per heavy atom. The van der Waals surface area contributed by atoms with E-state index in [0.717, 1.165) is 29.9 Å². The molecule has 2 heterocycles. The summed E-state index contributed by atoms with van der Waals surface area (Å²) < 4.78 is 7.26. The van der Waals surface area contributed by atoms with Gasteiger partial charge in [0, 0.05) is 19.0 Å². The van der Waals surface area contributed by atoms with Crippen molar-refractivity contribution in [3.05, 3.63) is 76.0 Å². The van der Waals surface area contributed by atoms with E-state index in [4.69, 9.17) is 4.74 Å². The minimum atomic E-state index is -0.238. The van der Waals surface area contributed by atoms with E-state index < -0.39 is 0 Å². The number of nitrogens with zero attached hydrogens (tertiary/aromatic N) is 3. The highest BCUT2D eigenvalue weighted by Crippen LogP contribution is 2.29. The Bertz CT molecular complexity index is 1080. The summed E-state index contributed by atoms with van der Waals surface area (Å²) in [6.07, 6.45) is 1.50. The monoisotopic (exact) mass is 406 g/mol. The summed E-state index contributed by atoms with van der Waals surface area (Å²) in [6.45, 7) is 5.66. The van der Waals surface area contributed by atoms with Crippen LogP contribution in [0.1, 0.15) is 47.4 Å². The third-order valence-corrected chi connectivity index (χ3v) is 5.56. The van der Waals surface area contributed by atoms with Crippen molar-refractivity contribution >= 4 is 5.91 Å². The molecule has 0 bridgehead atoms. The number of hydrogen-bond donors (Lipinski definition) is 1. The molecule has 3 aromatic rings. The second kappa shape index (κ2) is 8.57. The molecule has 30 heavy (non-hydrogen) atoms. The lowest BCUT2D eigenvalue weighted by Crippen LogP contribution is -2.38. The Morgan fingerprint density at radius 1 is 1.13 bits per heavy atom. The van der Waals surface area contributed by atoms with Crippen molar-refractivity contribution in [2.75, 3.05) is 19.7 Å². The maximum absolute atomic E-state index is 13.0. The van der Waals surface area contributed by atoms with E-state index in [1.807, 2.05) is 67.3 Å². The van der Waals surface area contributed by atoms with Gasteiger partial charge in [-0.1, -0.05) is 29.8 Å². The van der Waals surface area contributed by atoms with Crippen LogP contribution in [0.4, 0.5) is 0 Å². The van der Waals surface area contributed by atoms with Gasteiger partial charge < -0.3 is 9.64 Å². The van der Waals surface area contributed by atoms with E-state index >= 15 is 0 Å². The van der Waals surface area contributed by atoms with Crippen molar-refractivity contribution in [1.29, 1.82) is 0 Å². The largest absolute Gasteiger partial charge is 0.493 e. The molecule has 7 nitrogen and oxygen atoms in total. The Morgan fingerprint density at radius 3 is 2.53 bits per heavy atom. The molecule has 0 aliphatic carbocycles. The fourth-order valence-corrected chi connectivity index (χ4v) is 3.96. The summed E-state index contributed by atoms with van der Waals surface area (Å²) in [5.74, 6) is 1.44. The van der Waals surface area contributed by atoms with Crippen molar-refractivity contribution in [1.82, 2.24) is 19.7 Å². The number of aromatic amines is 1. The lowest BCUT2D eigenvalue weighted by molar-refractivity contribution is 0.0706. The molecule has 1 aliphatic heterocycles. The molecular formula is C23H26N4O3. The highest BCUT2D eigenvalue weighted by atomic mass is 16.5. The lowest BCUT2D eigenvalue weighted by Gasteiger charge is -2.32. The number of aromatic nitrogens is 3. The molecule has 1 aliphatic rings. The molecule has 2 aromatic carbocycles. The van der Waals surface area contributed by atoms with Crippen LogP contribution in [0.3, 0.4) is 0 Å². The van der Waals surface area contributed by atoms with Crippen LogP contribution < -0.4 is 10.4 Å². The minimum Gasteiger partial charge on any atom is -0.493 e. The Labute approximate surface area is 175 Å². The molecule has 1 aromatic heterocycles. The fourth-order valence-electron chi connectivity index (χ4n) is 3.96. The van der Waals surface area contributed by atoms with E-state index in [2.05, 4.69) is 10.2 Å². The number of likely N-dealkylation sites (tertiary alicyclic amines) is 1. The number of piperidine rings is 1. The number of carbonyl (C=O) groups is 1. The highest BCUT2D eigenvalue weighted by Gasteiger charge is 2.29. The van der Waals surface area contributed by atoms with Crippen molar-refractivity contribution in [3.8, 4) is 11.4 Å². The molecule has 1 fully saturated rings. The first kappa shape index (κ1) is 19.9. The smallest absolute Gasteiger partial charge is 0.347 e. The standard InChI is InChI=1S/C23H26N4O3/c1-3-30-20-7-5-4-6-19(20)22(28)26-14-12-17(13-15-26)21-24-25-23(29)27(21)18-10-8-16(2)9-11-18/h4-11,17H,3,12-15H2,1-2H3,(H,25,29). The number of carbonyl (C=O) groups excluding carboxylic acids is 1. The minimum absolute atomic E-state index is 0.0181. The van der Waals surface area contributed by atoms with Crippen LogP contribution in [0.25, 0.3) is 5.69 Å². The molecule has 7 heteroatoms. The van der Waals surface area contributed by atoms with E-state index in [0.29, 0.717) is 31.0 Å². The zero-order valence-electron chi connectivity index (χ0n) is 17.3. The van der Waals surface area contributed by atoms with Gasteiger partial charge in [0.1, 0.15) is 11.6 Å². The first-order valence-electron chi connectivity index (χ1n) is 10.3. The predicted molar refractivity (Wildman–Crippen MR) is 114 cm³/mol. The van der Waals surface area contributed by atoms with E-state index in [1.54, 1.807) is 4.57 Å². The van der Waals surface area contributed by atoms with Crippen LogP contribution in [0, 0.1) is 6.92 Å². The summed E-state index contributed by atoms with van der Waals surface area (Å²) in [5, 5.41) is 6.90. The quantitative estimate of drug-likeness (QED) is 0.705. The van der Waals surface area contributed by atoms with Gasteiger partial charge in [-0.25, -0.2) is 14.5 Å². The van der Waals surface area contributed by atoms with Gasteiger partial charge in [0.25, 0.3) is 5.91 Å². The van der Waals surface area contributed by atoms with E-state index in [9.17, 15) is 9.59 Å². The molecule has 0 radical (unpaired) electrons. The van der Waals surface area contributed by atoms with Crippen molar-refractivity contribution in [3.63, 3.8) is 0 Å². The van der Waals surface area contributed by atoms with Gasteiger partial charge in [-0.05, 0) is 51.0 Å². The summed E-state index contributed by atoms with van der Waals surface area (Å²) >= 11 is 0. The number of para-hydroxylation sites is 1. The molecule has 1 saturated heterocycles. The zero-order valence-corrected chi connectivity index (χ0v) is 17.3. The number of benzene rings is 2. The number of rotatable bonds is 5. The molecule has 4 rings (SSSR count). The molecule has 0 unspecified atom stereocenters. The summed E-state index contributed by atoms with van der Waals surface area (Å²) in [5.41, 5.74) is 2.29. The molecule has 0 saturated carbocycles. The van der Waals surface area contributed by atoms with Crippen molar-refractivity contribution in [2.24, 2.45) is 0 Å². The first-order chi connectivity index (χ1) is 14.6. The van der Waals surface area contributed by atoms with Crippen LogP contribution in [-0.2, 0) is 0 Å². The van der Waals surface area contributed by atoms with Crippen molar-refractivity contribution < 1.29 is 9.53 Å². The second-order valence-corrected chi connectivity index (χ2v) is 7.55. The Hall–Kier alpha value is -3.35. The second-order valence-electron chi connectivity index (χ2n) is 7.55. The number of nitrogens with one attached hydrogen (secondary N) is 1. The normalized spacial score (nSPS) is 14.7. The van der Waals surface area contributed by atoms with Gasteiger partial charge in [0.15, 0.2) is 0 Å². The van der Waals surface area contributed by atoms with Crippen molar-refractivity contribution in [2.45, 2.75) is 32.6 Å². The number of amides is 1.